The molecule has 0 atom stereocenters. The number of hydrogen-bond donors (Lipinski definition) is 0. The largest absolute Gasteiger partial charge is 0.496 e. The molecule has 6 heteroatoms. The minimum Gasteiger partial charge on any atom is -0.496 e. The molecule has 1 saturated heterocycles. The summed E-state index contributed by atoms with van der Waals surface area (Å²) in [6.07, 6.45) is 1.65. The van der Waals surface area contributed by atoms with Crippen LogP contribution in [0, 0.1) is 26.7 Å². The van der Waals surface area contributed by atoms with Crippen molar-refractivity contribution in [2.45, 2.75) is 40.2 Å². The Morgan fingerprint density at radius 2 is 1.89 bits per heavy atom. The number of esters is 1. The first-order chi connectivity index (χ1) is 12.9. The number of piperidine rings is 1. The molecule has 3 rings (SSSR count). The number of rotatable bonds is 5. The summed E-state index contributed by atoms with van der Waals surface area (Å²) in [7, 11) is 3.13. The van der Waals surface area contributed by atoms with Crippen LogP contribution in [0.25, 0.3) is 11.5 Å². The van der Waals surface area contributed by atoms with E-state index in [0.29, 0.717) is 5.89 Å². The normalized spacial score (nSPS) is 15.7. The van der Waals surface area contributed by atoms with Crippen LogP contribution in [-0.4, -0.2) is 43.2 Å². The zero-order valence-corrected chi connectivity index (χ0v) is 16.8. The molecule has 1 aliphatic heterocycles. The van der Waals surface area contributed by atoms with E-state index in [9.17, 15) is 4.79 Å². The van der Waals surface area contributed by atoms with Crippen molar-refractivity contribution in [1.29, 1.82) is 0 Å². The number of likely N-dealkylation sites (tertiary alicyclic amines) is 1. The van der Waals surface area contributed by atoms with Gasteiger partial charge in [-0.05, 0) is 70.0 Å². The number of methoxy groups -OCH3 is 2. The maximum Gasteiger partial charge on any atom is 0.308 e. The lowest BCUT2D eigenvalue weighted by molar-refractivity contribution is -0.147. The Morgan fingerprint density at radius 3 is 2.52 bits per heavy atom. The molecule has 1 aromatic heterocycles. The molecule has 1 fully saturated rings. The SMILES string of the molecule is COC(=O)C1CCN(Cc2nc(-c3ccc(OC)c(C)c3C)oc2C)CC1. The fourth-order valence-corrected chi connectivity index (χ4v) is 3.64. The van der Waals surface area contributed by atoms with Gasteiger partial charge in [-0.15, -0.1) is 0 Å². The minimum atomic E-state index is -0.0973. The van der Waals surface area contributed by atoms with Gasteiger partial charge in [0.25, 0.3) is 0 Å². The fourth-order valence-electron chi connectivity index (χ4n) is 3.64. The Labute approximate surface area is 160 Å². The van der Waals surface area contributed by atoms with Crippen molar-refractivity contribution < 1.29 is 18.7 Å². The highest BCUT2D eigenvalue weighted by molar-refractivity contribution is 5.72. The predicted octanol–water partition coefficient (Wildman–Crippen LogP) is 3.66. The van der Waals surface area contributed by atoms with Crippen molar-refractivity contribution in [3.8, 4) is 17.2 Å². The molecule has 2 heterocycles. The van der Waals surface area contributed by atoms with Gasteiger partial charge >= 0.3 is 5.97 Å². The van der Waals surface area contributed by atoms with Gasteiger partial charge in [0.1, 0.15) is 11.5 Å². The predicted molar refractivity (Wildman–Crippen MR) is 103 cm³/mol. The summed E-state index contributed by atoms with van der Waals surface area (Å²) in [4.78, 5) is 18.8. The van der Waals surface area contributed by atoms with Gasteiger partial charge < -0.3 is 13.9 Å². The highest BCUT2D eigenvalue weighted by Crippen LogP contribution is 2.32. The lowest BCUT2D eigenvalue weighted by Gasteiger charge is -2.29. The Kier molecular flexibility index (Phi) is 5.85. The van der Waals surface area contributed by atoms with Gasteiger partial charge in [0, 0.05) is 12.1 Å². The van der Waals surface area contributed by atoms with E-state index >= 15 is 0 Å². The monoisotopic (exact) mass is 372 g/mol. The second-order valence-electron chi connectivity index (χ2n) is 7.16. The Bertz CT molecular complexity index is 820. The summed E-state index contributed by atoms with van der Waals surface area (Å²) in [6, 6.07) is 3.95. The molecular weight excluding hydrogens is 344 g/mol. The third kappa shape index (κ3) is 4.00. The van der Waals surface area contributed by atoms with Crippen molar-refractivity contribution >= 4 is 5.97 Å². The number of carbonyl (C=O) groups is 1. The second-order valence-corrected chi connectivity index (χ2v) is 7.16. The van der Waals surface area contributed by atoms with E-state index in [1.807, 2.05) is 26.0 Å². The summed E-state index contributed by atoms with van der Waals surface area (Å²) in [5, 5.41) is 0. The zero-order chi connectivity index (χ0) is 19.6. The lowest BCUT2D eigenvalue weighted by Crippen LogP contribution is -2.36. The quantitative estimate of drug-likeness (QED) is 0.747. The van der Waals surface area contributed by atoms with Gasteiger partial charge in [-0.1, -0.05) is 0 Å². The van der Waals surface area contributed by atoms with Crippen molar-refractivity contribution in [2.75, 3.05) is 27.3 Å². The van der Waals surface area contributed by atoms with Crippen molar-refractivity contribution in [1.82, 2.24) is 9.88 Å². The van der Waals surface area contributed by atoms with Gasteiger partial charge in [0.05, 0.1) is 25.8 Å². The van der Waals surface area contributed by atoms with Gasteiger partial charge in [0.15, 0.2) is 0 Å². The first-order valence-corrected chi connectivity index (χ1v) is 9.35. The molecule has 0 amide bonds. The molecule has 1 aliphatic rings. The minimum absolute atomic E-state index is 0.0186. The fraction of sp³-hybridized carbons (Fsp3) is 0.524. The third-order valence-electron chi connectivity index (χ3n) is 5.58. The second kappa shape index (κ2) is 8.13. The molecule has 0 radical (unpaired) electrons. The standard InChI is InChI=1S/C21H28N2O4/c1-13-14(2)19(25-4)7-6-17(13)20-22-18(15(3)27-20)12-23-10-8-16(9-11-23)21(24)26-5/h6-7,16H,8-12H2,1-5H3. The zero-order valence-electron chi connectivity index (χ0n) is 16.8. The number of carbonyl (C=O) groups excluding carboxylic acids is 1. The molecule has 1 aromatic carbocycles. The highest BCUT2D eigenvalue weighted by Gasteiger charge is 2.26. The molecule has 27 heavy (non-hydrogen) atoms. The van der Waals surface area contributed by atoms with Gasteiger partial charge in [0.2, 0.25) is 5.89 Å². The van der Waals surface area contributed by atoms with E-state index in [2.05, 4.69) is 11.8 Å². The number of benzene rings is 1. The first kappa shape index (κ1) is 19.4. The van der Waals surface area contributed by atoms with Crippen LogP contribution in [0.1, 0.15) is 35.4 Å². The van der Waals surface area contributed by atoms with E-state index in [4.69, 9.17) is 18.9 Å². The van der Waals surface area contributed by atoms with E-state index in [1.165, 1.54) is 7.11 Å². The Hall–Kier alpha value is -2.34. The summed E-state index contributed by atoms with van der Waals surface area (Å²) in [5.74, 6) is 2.28. The van der Waals surface area contributed by atoms with E-state index < -0.39 is 0 Å². The van der Waals surface area contributed by atoms with Crippen LogP contribution in [0.2, 0.25) is 0 Å². The number of aryl methyl sites for hydroxylation is 1. The molecule has 0 N–H and O–H groups in total. The van der Waals surface area contributed by atoms with Gasteiger partial charge in [-0.3, -0.25) is 9.69 Å². The van der Waals surface area contributed by atoms with Crippen molar-refractivity contribution in [2.24, 2.45) is 5.92 Å². The number of aromatic nitrogens is 1. The van der Waals surface area contributed by atoms with Crippen LogP contribution in [0.5, 0.6) is 5.75 Å². The molecule has 6 nitrogen and oxygen atoms in total. The smallest absolute Gasteiger partial charge is 0.308 e. The molecule has 146 valence electrons. The maximum absolute atomic E-state index is 11.7. The Balaban J connectivity index is 1.73. The highest BCUT2D eigenvalue weighted by atomic mass is 16.5. The topological polar surface area (TPSA) is 64.8 Å². The van der Waals surface area contributed by atoms with Crippen LogP contribution < -0.4 is 4.74 Å². The average molecular weight is 372 g/mol. The van der Waals surface area contributed by atoms with E-state index in [-0.39, 0.29) is 11.9 Å². The van der Waals surface area contributed by atoms with Crippen LogP contribution in [0.15, 0.2) is 16.5 Å². The van der Waals surface area contributed by atoms with Crippen molar-refractivity contribution in [3.63, 3.8) is 0 Å². The Morgan fingerprint density at radius 1 is 1.19 bits per heavy atom. The van der Waals surface area contributed by atoms with E-state index in [1.54, 1.807) is 7.11 Å². The maximum atomic E-state index is 11.7. The number of ether oxygens (including phenoxy) is 2. The molecule has 2 aromatic rings. The molecule has 0 aliphatic carbocycles. The van der Waals surface area contributed by atoms with E-state index in [0.717, 1.165) is 66.4 Å². The summed E-state index contributed by atoms with van der Waals surface area (Å²) in [5.41, 5.74) is 4.15. The summed E-state index contributed by atoms with van der Waals surface area (Å²) >= 11 is 0. The van der Waals surface area contributed by atoms with Gasteiger partial charge in [-0.25, -0.2) is 4.98 Å². The van der Waals surface area contributed by atoms with Crippen molar-refractivity contribution in [3.05, 3.63) is 34.7 Å². The molecule has 0 spiro atoms. The summed E-state index contributed by atoms with van der Waals surface area (Å²) < 4.78 is 16.2. The van der Waals surface area contributed by atoms with Crippen LogP contribution in [0.4, 0.5) is 0 Å². The van der Waals surface area contributed by atoms with Crippen LogP contribution in [0.3, 0.4) is 0 Å². The number of nitrogens with zero attached hydrogens (tertiary/aromatic N) is 2. The molecule has 0 unspecified atom stereocenters. The molecule has 0 bridgehead atoms. The van der Waals surface area contributed by atoms with Crippen LogP contribution >= 0.6 is 0 Å². The average Bonchev–Trinajstić information content (AvgIpc) is 3.04. The lowest BCUT2D eigenvalue weighted by atomic mass is 9.97. The molecule has 0 saturated carbocycles. The molecular formula is C21H28N2O4. The van der Waals surface area contributed by atoms with Gasteiger partial charge in [-0.2, -0.15) is 0 Å². The third-order valence-corrected chi connectivity index (χ3v) is 5.58. The number of oxazole rings is 1. The first-order valence-electron chi connectivity index (χ1n) is 9.35. The van der Waals surface area contributed by atoms with Crippen LogP contribution in [-0.2, 0) is 16.1 Å². The summed E-state index contributed by atoms with van der Waals surface area (Å²) in [6.45, 7) is 8.52. The number of hydrogen-bond acceptors (Lipinski definition) is 6.